The molecule has 1 heterocycles. The van der Waals surface area contributed by atoms with Gasteiger partial charge in [-0.05, 0) is 26.8 Å². The van der Waals surface area contributed by atoms with Crippen LogP contribution in [0.5, 0.6) is 0 Å². The van der Waals surface area contributed by atoms with Crippen LogP contribution in [-0.4, -0.2) is 22.8 Å². The molecule has 4 nitrogen and oxygen atoms in total. The number of rotatable bonds is 3. The van der Waals surface area contributed by atoms with Gasteiger partial charge in [-0.2, -0.15) is 0 Å². The van der Waals surface area contributed by atoms with Crippen LogP contribution in [0, 0.1) is 0 Å². The first-order valence-corrected chi connectivity index (χ1v) is 4.41. The third-order valence-corrected chi connectivity index (χ3v) is 1.65. The quantitative estimate of drug-likeness (QED) is 0.590. The number of nitrogens with one attached hydrogen (secondary N) is 1. The molecule has 1 N–H and O–H groups in total. The number of Topliss-reactive ketones (excluding diaryl/α,β-unsaturated/α-hetero) is 1. The molecule has 14 heavy (non-hydrogen) atoms. The Balaban J connectivity index is 2.76. The molecule has 1 aromatic heterocycles. The third kappa shape index (κ3) is 2.45. The number of hydrogen-bond donors (Lipinski definition) is 1. The number of carbonyl (C=O) groups excluding carboxylic acids is 2. The van der Waals surface area contributed by atoms with E-state index in [9.17, 15) is 9.59 Å². The molecule has 0 aliphatic heterocycles. The van der Waals surface area contributed by atoms with E-state index in [-0.39, 0.29) is 11.9 Å². The van der Waals surface area contributed by atoms with Gasteiger partial charge in [0.05, 0.1) is 6.10 Å². The van der Waals surface area contributed by atoms with Crippen molar-refractivity contribution in [3.63, 3.8) is 0 Å². The van der Waals surface area contributed by atoms with Crippen molar-refractivity contribution in [2.24, 2.45) is 0 Å². The molecule has 0 aliphatic carbocycles. The predicted octanol–water partition coefficient (Wildman–Crippen LogP) is 1.78. The Morgan fingerprint density at radius 1 is 1.43 bits per heavy atom. The summed E-state index contributed by atoms with van der Waals surface area (Å²) in [6, 6.07) is 1.49. The number of H-pyrrole nitrogens is 1. The average Bonchev–Trinajstić information content (AvgIpc) is 2.50. The van der Waals surface area contributed by atoms with Crippen LogP contribution in [0.4, 0.5) is 0 Å². The zero-order chi connectivity index (χ0) is 10.7. The molecule has 0 aromatic carbocycles. The average molecular weight is 195 g/mol. The Morgan fingerprint density at radius 2 is 2.07 bits per heavy atom. The Labute approximate surface area is 82.3 Å². The maximum absolute atomic E-state index is 11.3. The van der Waals surface area contributed by atoms with Gasteiger partial charge in [0.2, 0.25) is 0 Å². The lowest BCUT2D eigenvalue weighted by molar-refractivity contribution is 0.0371. The molecular weight excluding hydrogens is 182 g/mol. The summed E-state index contributed by atoms with van der Waals surface area (Å²) in [6.07, 6.45) is 1.34. The number of hydrogen-bond acceptors (Lipinski definition) is 3. The smallest absolute Gasteiger partial charge is 0.355 e. The Morgan fingerprint density at radius 3 is 2.50 bits per heavy atom. The van der Waals surface area contributed by atoms with Crippen LogP contribution >= 0.6 is 0 Å². The molecule has 1 rings (SSSR count). The first-order chi connectivity index (χ1) is 6.50. The number of aromatic nitrogens is 1. The van der Waals surface area contributed by atoms with Gasteiger partial charge in [-0.3, -0.25) is 4.79 Å². The van der Waals surface area contributed by atoms with Gasteiger partial charge in [0, 0.05) is 11.8 Å². The molecule has 76 valence electrons. The van der Waals surface area contributed by atoms with Crippen LogP contribution in [0.1, 0.15) is 41.6 Å². The van der Waals surface area contributed by atoms with E-state index < -0.39 is 5.97 Å². The van der Waals surface area contributed by atoms with E-state index in [0.717, 1.165) is 0 Å². The van der Waals surface area contributed by atoms with E-state index in [2.05, 4.69) is 4.98 Å². The third-order valence-electron chi connectivity index (χ3n) is 1.65. The van der Waals surface area contributed by atoms with Crippen molar-refractivity contribution < 1.29 is 14.3 Å². The van der Waals surface area contributed by atoms with Gasteiger partial charge in [0.1, 0.15) is 5.69 Å². The van der Waals surface area contributed by atoms with Gasteiger partial charge in [0.25, 0.3) is 0 Å². The molecule has 0 atom stereocenters. The Hall–Kier alpha value is -1.58. The predicted molar refractivity (Wildman–Crippen MR) is 51.3 cm³/mol. The van der Waals surface area contributed by atoms with Crippen molar-refractivity contribution in [2.75, 3.05) is 0 Å². The van der Waals surface area contributed by atoms with Crippen molar-refractivity contribution in [1.82, 2.24) is 4.98 Å². The van der Waals surface area contributed by atoms with Gasteiger partial charge in [-0.25, -0.2) is 4.79 Å². The lowest BCUT2D eigenvalue weighted by Gasteiger charge is -2.05. The minimum Gasteiger partial charge on any atom is -0.458 e. The topological polar surface area (TPSA) is 59.2 Å². The number of ether oxygens (including phenoxy) is 1. The molecule has 0 saturated carbocycles. The second-order valence-corrected chi connectivity index (χ2v) is 3.31. The summed E-state index contributed by atoms with van der Waals surface area (Å²) in [5, 5.41) is 0. The minimum atomic E-state index is -0.438. The summed E-state index contributed by atoms with van der Waals surface area (Å²) >= 11 is 0. The van der Waals surface area contributed by atoms with Gasteiger partial charge < -0.3 is 9.72 Å². The number of aromatic amines is 1. The summed E-state index contributed by atoms with van der Waals surface area (Å²) < 4.78 is 4.95. The van der Waals surface area contributed by atoms with E-state index in [1.807, 2.05) is 0 Å². The van der Waals surface area contributed by atoms with Gasteiger partial charge in [0.15, 0.2) is 5.78 Å². The van der Waals surface area contributed by atoms with Crippen molar-refractivity contribution in [1.29, 1.82) is 0 Å². The molecule has 0 saturated heterocycles. The lowest BCUT2D eigenvalue weighted by atomic mass is 10.2. The first kappa shape index (κ1) is 10.5. The Kier molecular flexibility index (Phi) is 3.06. The van der Waals surface area contributed by atoms with Crippen LogP contribution in [0.3, 0.4) is 0 Å². The van der Waals surface area contributed by atoms with Crippen LogP contribution in [-0.2, 0) is 4.74 Å². The second kappa shape index (κ2) is 4.09. The zero-order valence-corrected chi connectivity index (χ0v) is 8.46. The van der Waals surface area contributed by atoms with Gasteiger partial charge >= 0.3 is 5.97 Å². The highest BCUT2D eigenvalue weighted by Crippen LogP contribution is 2.06. The highest BCUT2D eigenvalue weighted by atomic mass is 16.5. The largest absolute Gasteiger partial charge is 0.458 e. The summed E-state index contributed by atoms with van der Waals surface area (Å²) in [5.41, 5.74) is 0.796. The molecule has 0 amide bonds. The van der Waals surface area contributed by atoms with Gasteiger partial charge in [-0.1, -0.05) is 0 Å². The second-order valence-electron chi connectivity index (χ2n) is 3.31. The van der Waals surface area contributed by atoms with E-state index in [0.29, 0.717) is 11.3 Å². The van der Waals surface area contributed by atoms with Crippen LogP contribution < -0.4 is 0 Å². The minimum absolute atomic E-state index is 0.0788. The zero-order valence-electron chi connectivity index (χ0n) is 8.46. The monoisotopic (exact) mass is 195 g/mol. The number of ketones is 1. The molecule has 0 spiro atoms. The highest BCUT2D eigenvalue weighted by molar-refractivity contribution is 5.97. The number of carbonyl (C=O) groups is 2. The summed E-state index contributed by atoms with van der Waals surface area (Å²) in [7, 11) is 0. The molecule has 0 radical (unpaired) electrons. The fourth-order valence-corrected chi connectivity index (χ4v) is 0.993. The van der Waals surface area contributed by atoms with E-state index >= 15 is 0 Å². The summed E-state index contributed by atoms with van der Waals surface area (Å²) in [4.78, 5) is 25.0. The maximum atomic E-state index is 11.3. The lowest BCUT2D eigenvalue weighted by Crippen LogP contribution is -2.11. The van der Waals surface area contributed by atoms with E-state index in [4.69, 9.17) is 4.74 Å². The van der Waals surface area contributed by atoms with Crippen molar-refractivity contribution >= 4 is 11.8 Å². The molecule has 1 aromatic rings. The maximum Gasteiger partial charge on any atom is 0.355 e. The van der Waals surface area contributed by atoms with Crippen LogP contribution in [0.2, 0.25) is 0 Å². The molecule has 0 bridgehead atoms. The summed E-state index contributed by atoms with van der Waals surface area (Å²) in [5.74, 6) is -0.516. The molecular formula is C10H13NO3. The van der Waals surface area contributed by atoms with Crippen molar-refractivity contribution in [3.8, 4) is 0 Å². The fourth-order valence-electron chi connectivity index (χ4n) is 0.993. The van der Waals surface area contributed by atoms with E-state index in [1.165, 1.54) is 19.2 Å². The first-order valence-electron chi connectivity index (χ1n) is 4.41. The van der Waals surface area contributed by atoms with Gasteiger partial charge in [-0.15, -0.1) is 0 Å². The molecule has 0 aliphatic rings. The molecule has 0 unspecified atom stereocenters. The van der Waals surface area contributed by atoms with E-state index in [1.54, 1.807) is 13.8 Å². The summed E-state index contributed by atoms with van der Waals surface area (Å²) in [6.45, 7) is 4.99. The molecule has 0 fully saturated rings. The normalized spacial score (nSPS) is 10.3. The standard InChI is InChI=1S/C10H13NO3/c1-6(2)14-10(13)9-4-8(5-11-9)7(3)12/h4-6,11H,1-3H3. The Bertz CT molecular complexity index is 352. The number of esters is 1. The SMILES string of the molecule is CC(=O)c1c[nH]c(C(=O)OC(C)C)c1. The van der Waals surface area contributed by atoms with Crippen LogP contribution in [0.25, 0.3) is 0 Å². The van der Waals surface area contributed by atoms with Crippen molar-refractivity contribution in [2.45, 2.75) is 26.9 Å². The molecule has 4 heteroatoms. The van der Waals surface area contributed by atoms with Crippen LogP contribution in [0.15, 0.2) is 12.3 Å². The van der Waals surface area contributed by atoms with Crippen molar-refractivity contribution in [3.05, 3.63) is 23.5 Å². The fraction of sp³-hybridized carbons (Fsp3) is 0.400. The highest BCUT2D eigenvalue weighted by Gasteiger charge is 2.12.